The number of nitrogens with one attached hydrogen (secondary N) is 1. The van der Waals surface area contributed by atoms with E-state index in [1.54, 1.807) is 6.07 Å². The van der Waals surface area contributed by atoms with Crippen LogP contribution in [0.4, 0.5) is 0 Å². The van der Waals surface area contributed by atoms with Crippen molar-refractivity contribution in [1.29, 1.82) is 0 Å². The van der Waals surface area contributed by atoms with Crippen LogP contribution in [0.15, 0.2) is 10.6 Å². The smallest absolute Gasteiger partial charge is 0.273 e. The first-order valence-electron chi connectivity index (χ1n) is 6.90. The highest BCUT2D eigenvalue weighted by Gasteiger charge is 2.30. The average Bonchev–Trinajstić information content (AvgIpc) is 2.96. The Bertz CT molecular complexity index is 523. The minimum Gasteiger partial charge on any atom is -0.369 e. The van der Waals surface area contributed by atoms with Gasteiger partial charge in [0.1, 0.15) is 5.76 Å². The number of hydrogen-bond acceptors (Lipinski definition) is 5. The molecule has 1 aromatic rings. The first-order chi connectivity index (χ1) is 9.61. The fourth-order valence-electron chi connectivity index (χ4n) is 2.53. The Morgan fingerprint density at radius 2 is 2.25 bits per heavy atom. The van der Waals surface area contributed by atoms with Gasteiger partial charge in [-0.25, -0.2) is 0 Å². The lowest BCUT2D eigenvalue weighted by Crippen LogP contribution is -2.39. The van der Waals surface area contributed by atoms with Crippen molar-refractivity contribution in [2.45, 2.75) is 31.2 Å². The van der Waals surface area contributed by atoms with Crippen LogP contribution in [-0.4, -0.2) is 47.5 Å². The van der Waals surface area contributed by atoms with E-state index >= 15 is 0 Å². The number of amides is 2. The summed E-state index contributed by atoms with van der Waals surface area (Å²) in [6, 6.07) is 1.76. The van der Waals surface area contributed by atoms with Crippen LogP contribution in [-0.2, 0) is 4.79 Å². The second-order valence-electron chi connectivity index (χ2n) is 5.55. The summed E-state index contributed by atoms with van der Waals surface area (Å²) in [4.78, 5) is 24.8. The van der Waals surface area contributed by atoms with Gasteiger partial charge >= 0.3 is 0 Å². The lowest BCUT2D eigenvalue weighted by molar-refractivity contribution is -0.118. The maximum Gasteiger partial charge on any atom is 0.273 e. The fraction of sp³-hybridized carbons (Fsp3) is 0.615. The molecule has 0 bridgehead atoms. The summed E-state index contributed by atoms with van der Waals surface area (Å²) < 4.78 is 5.17. The fourth-order valence-corrected chi connectivity index (χ4v) is 2.53. The molecule has 2 fully saturated rings. The molecule has 2 aliphatic rings. The normalized spacial score (nSPS) is 22.9. The number of carbonyl (C=O) groups is 2. The van der Waals surface area contributed by atoms with Crippen molar-refractivity contribution >= 4 is 11.8 Å². The Hall–Kier alpha value is -1.89. The molecule has 1 aliphatic heterocycles. The number of aromatic nitrogens is 1. The van der Waals surface area contributed by atoms with Crippen LogP contribution in [0.1, 0.15) is 41.4 Å². The Labute approximate surface area is 116 Å². The lowest BCUT2D eigenvalue weighted by atomic mass is 10.2. The quantitative estimate of drug-likeness (QED) is 0.779. The molecule has 2 heterocycles. The predicted molar refractivity (Wildman–Crippen MR) is 70.0 cm³/mol. The molecular weight excluding hydrogens is 260 g/mol. The van der Waals surface area contributed by atoms with Crippen molar-refractivity contribution in [3.8, 4) is 0 Å². The van der Waals surface area contributed by atoms with Crippen molar-refractivity contribution in [1.82, 2.24) is 15.4 Å². The van der Waals surface area contributed by atoms with E-state index in [-0.39, 0.29) is 24.4 Å². The van der Waals surface area contributed by atoms with Gasteiger partial charge in [0, 0.05) is 31.1 Å². The molecule has 1 aromatic heterocycles. The standard InChI is InChI=1S/C13H18N4O3/c14-12(18)7-17-4-3-9(6-17)15-13(19)10-5-11(20-16-10)8-1-2-8/h5,8-9H,1-4,6-7H2,(H2,14,18)(H,15,19)/t9-/m0/s1. The van der Waals surface area contributed by atoms with Gasteiger partial charge in [-0.15, -0.1) is 0 Å². The summed E-state index contributed by atoms with van der Waals surface area (Å²) in [6.07, 6.45) is 3.04. The van der Waals surface area contributed by atoms with Crippen LogP contribution >= 0.6 is 0 Å². The Morgan fingerprint density at radius 1 is 1.45 bits per heavy atom. The molecule has 3 N–H and O–H groups in total. The van der Waals surface area contributed by atoms with E-state index in [0.29, 0.717) is 18.2 Å². The van der Waals surface area contributed by atoms with Gasteiger partial charge in [-0.3, -0.25) is 14.5 Å². The van der Waals surface area contributed by atoms with E-state index < -0.39 is 0 Å². The summed E-state index contributed by atoms with van der Waals surface area (Å²) in [7, 11) is 0. The highest BCUT2D eigenvalue weighted by atomic mass is 16.5. The van der Waals surface area contributed by atoms with E-state index in [4.69, 9.17) is 10.3 Å². The van der Waals surface area contributed by atoms with Crippen molar-refractivity contribution in [3.63, 3.8) is 0 Å². The van der Waals surface area contributed by atoms with Crippen LogP contribution in [0, 0.1) is 0 Å². The zero-order valence-corrected chi connectivity index (χ0v) is 11.2. The van der Waals surface area contributed by atoms with Gasteiger partial charge in [0.15, 0.2) is 5.69 Å². The van der Waals surface area contributed by atoms with Crippen LogP contribution in [0.25, 0.3) is 0 Å². The van der Waals surface area contributed by atoms with Crippen molar-refractivity contribution in [2.75, 3.05) is 19.6 Å². The van der Waals surface area contributed by atoms with Crippen molar-refractivity contribution in [2.24, 2.45) is 5.73 Å². The van der Waals surface area contributed by atoms with E-state index in [2.05, 4.69) is 10.5 Å². The Morgan fingerprint density at radius 3 is 2.95 bits per heavy atom. The molecule has 1 saturated carbocycles. The SMILES string of the molecule is NC(=O)CN1CC[C@H](NC(=O)c2cc(C3CC3)on2)C1. The second-order valence-corrected chi connectivity index (χ2v) is 5.55. The summed E-state index contributed by atoms with van der Waals surface area (Å²) >= 11 is 0. The molecule has 0 radical (unpaired) electrons. The van der Waals surface area contributed by atoms with Gasteiger partial charge in [0.2, 0.25) is 5.91 Å². The van der Waals surface area contributed by atoms with Crippen LogP contribution in [0.2, 0.25) is 0 Å². The third kappa shape index (κ3) is 2.98. The lowest BCUT2D eigenvalue weighted by Gasteiger charge is -2.14. The van der Waals surface area contributed by atoms with Crippen LogP contribution in [0.5, 0.6) is 0 Å². The maximum atomic E-state index is 12.0. The molecule has 7 heteroatoms. The van der Waals surface area contributed by atoms with Gasteiger partial charge in [-0.2, -0.15) is 0 Å². The van der Waals surface area contributed by atoms with Gasteiger partial charge in [0.05, 0.1) is 6.54 Å². The van der Waals surface area contributed by atoms with Crippen molar-refractivity contribution < 1.29 is 14.1 Å². The van der Waals surface area contributed by atoms with Gasteiger partial charge in [-0.1, -0.05) is 5.16 Å². The molecule has 0 aromatic carbocycles. The highest BCUT2D eigenvalue weighted by Crippen LogP contribution is 2.40. The Kier molecular flexibility index (Phi) is 3.43. The first kappa shape index (κ1) is 13.1. The molecule has 1 atom stereocenters. The highest BCUT2D eigenvalue weighted by molar-refractivity contribution is 5.92. The second kappa shape index (κ2) is 5.24. The van der Waals surface area contributed by atoms with E-state index in [1.165, 1.54) is 0 Å². The number of likely N-dealkylation sites (tertiary alicyclic amines) is 1. The maximum absolute atomic E-state index is 12.0. The van der Waals surface area contributed by atoms with Gasteiger partial charge in [-0.05, 0) is 19.3 Å². The molecule has 20 heavy (non-hydrogen) atoms. The van der Waals surface area contributed by atoms with Crippen molar-refractivity contribution in [3.05, 3.63) is 17.5 Å². The van der Waals surface area contributed by atoms with Crippen LogP contribution < -0.4 is 11.1 Å². The third-order valence-corrected chi connectivity index (χ3v) is 3.73. The molecule has 3 rings (SSSR count). The molecule has 0 unspecified atom stereocenters. The monoisotopic (exact) mass is 278 g/mol. The molecule has 7 nitrogen and oxygen atoms in total. The number of nitrogens with two attached hydrogens (primary N) is 1. The first-order valence-corrected chi connectivity index (χ1v) is 6.90. The van der Waals surface area contributed by atoms with Crippen LogP contribution in [0.3, 0.4) is 0 Å². The number of hydrogen-bond donors (Lipinski definition) is 2. The molecule has 108 valence electrons. The molecular formula is C13H18N4O3. The largest absolute Gasteiger partial charge is 0.369 e. The molecule has 0 spiro atoms. The molecule has 2 amide bonds. The van der Waals surface area contributed by atoms with Gasteiger partial charge < -0.3 is 15.6 Å². The summed E-state index contributed by atoms with van der Waals surface area (Å²) in [5.41, 5.74) is 5.49. The zero-order chi connectivity index (χ0) is 14.1. The molecule has 1 aliphatic carbocycles. The predicted octanol–water partition coefficient (Wildman–Crippen LogP) is -0.159. The topological polar surface area (TPSA) is 101 Å². The summed E-state index contributed by atoms with van der Waals surface area (Å²) in [5, 5.41) is 6.73. The number of carbonyl (C=O) groups excluding carboxylic acids is 2. The van der Waals surface area contributed by atoms with E-state index in [9.17, 15) is 9.59 Å². The number of rotatable bonds is 5. The summed E-state index contributed by atoms with van der Waals surface area (Å²) in [5.74, 6) is 0.688. The van der Waals surface area contributed by atoms with E-state index in [1.807, 2.05) is 4.90 Å². The third-order valence-electron chi connectivity index (χ3n) is 3.73. The average molecular weight is 278 g/mol. The molecule has 1 saturated heterocycles. The van der Waals surface area contributed by atoms with E-state index in [0.717, 1.165) is 31.6 Å². The zero-order valence-electron chi connectivity index (χ0n) is 11.2. The Balaban J connectivity index is 1.52. The number of nitrogens with zero attached hydrogens (tertiary/aromatic N) is 2. The minimum absolute atomic E-state index is 0.0305. The number of primary amides is 1. The summed E-state index contributed by atoms with van der Waals surface area (Å²) in [6.45, 7) is 1.64. The minimum atomic E-state index is -0.345. The van der Waals surface area contributed by atoms with Gasteiger partial charge in [0.25, 0.3) is 5.91 Å².